The highest BCUT2D eigenvalue weighted by Gasteiger charge is 2.21. The van der Waals surface area contributed by atoms with Gasteiger partial charge < -0.3 is 20.4 Å². The van der Waals surface area contributed by atoms with Gasteiger partial charge in [-0.05, 0) is 38.3 Å². The molecule has 0 saturated heterocycles. The van der Waals surface area contributed by atoms with E-state index in [0.717, 1.165) is 0 Å². The van der Waals surface area contributed by atoms with Crippen LogP contribution in [0.2, 0.25) is 0 Å². The molecule has 0 aromatic rings. The van der Waals surface area contributed by atoms with Crippen molar-refractivity contribution in [1.29, 1.82) is 0 Å². The minimum absolute atomic E-state index is 0.0492. The first kappa shape index (κ1) is 21.0. The summed E-state index contributed by atoms with van der Waals surface area (Å²) >= 11 is 10.1. The van der Waals surface area contributed by atoms with Gasteiger partial charge >= 0.3 is 0 Å². The fraction of sp³-hybridized carbons (Fsp3) is 0.750. The number of likely N-dealkylation sites (N-methyl/N-ethyl adjacent to an activating group) is 1. The summed E-state index contributed by atoms with van der Waals surface area (Å²) in [6.07, 6.45) is 0. The number of sulfone groups is 1. The summed E-state index contributed by atoms with van der Waals surface area (Å²) in [5.41, 5.74) is 0. The molecule has 7 nitrogen and oxygen atoms in total. The fourth-order valence-electron chi connectivity index (χ4n) is 1.60. The predicted octanol–water partition coefficient (Wildman–Crippen LogP) is -0.420. The second-order valence-electron chi connectivity index (χ2n) is 4.78. The first-order valence-corrected chi connectivity index (χ1v) is 9.46. The van der Waals surface area contributed by atoms with Crippen LogP contribution < -0.4 is 10.6 Å². The van der Waals surface area contributed by atoms with Crippen LogP contribution in [0, 0.1) is 0 Å². The molecule has 0 rings (SSSR count). The molecule has 0 saturated carbocycles. The van der Waals surface area contributed by atoms with Gasteiger partial charge in [0.2, 0.25) is 0 Å². The Morgan fingerprint density at radius 3 is 1.91 bits per heavy atom. The van der Waals surface area contributed by atoms with Crippen LogP contribution >= 0.6 is 24.4 Å². The Morgan fingerprint density at radius 2 is 1.45 bits per heavy atom. The molecule has 2 N–H and O–H groups in total. The van der Waals surface area contributed by atoms with Crippen LogP contribution in [0.1, 0.15) is 13.8 Å². The van der Waals surface area contributed by atoms with Crippen molar-refractivity contribution in [2.45, 2.75) is 13.8 Å². The monoisotopic (exact) mass is 368 g/mol. The van der Waals surface area contributed by atoms with Crippen LogP contribution in [-0.2, 0) is 14.6 Å². The molecule has 0 aromatic heterocycles. The Balaban J connectivity index is 4.49. The number of thiocarbonyl (C=S) groups is 2. The van der Waals surface area contributed by atoms with Gasteiger partial charge in [-0.2, -0.15) is 0 Å². The van der Waals surface area contributed by atoms with Crippen LogP contribution in [-0.4, -0.2) is 79.6 Å². The fourth-order valence-corrected chi connectivity index (χ4v) is 3.49. The summed E-state index contributed by atoms with van der Waals surface area (Å²) in [6.45, 7) is 4.94. The molecule has 0 aromatic carbocycles. The van der Waals surface area contributed by atoms with Gasteiger partial charge in [0.1, 0.15) is 11.6 Å². The lowest BCUT2D eigenvalue weighted by Gasteiger charge is -2.21. The van der Waals surface area contributed by atoms with Gasteiger partial charge in [0.15, 0.2) is 25.8 Å². The number of ketones is 1. The smallest absolute Gasteiger partial charge is 0.175 e. The zero-order valence-corrected chi connectivity index (χ0v) is 15.8. The predicted molar refractivity (Wildman–Crippen MR) is 96.6 cm³/mol. The van der Waals surface area contributed by atoms with Crippen LogP contribution in [0.5, 0.6) is 0 Å². The molecular formula is C12H24N4O3S3. The molecular weight excluding hydrogens is 344 g/mol. The average Bonchev–Trinajstić information content (AvgIpc) is 2.37. The molecule has 22 heavy (non-hydrogen) atoms. The van der Waals surface area contributed by atoms with Crippen molar-refractivity contribution < 1.29 is 13.2 Å². The Hall–Kier alpha value is -1.00. The number of carbonyl (C=O) groups is 1. The summed E-state index contributed by atoms with van der Waals surface area (Å²) in [7, 11) is -0.359. The first-order chi connectivity index (χ1) is 10.1. The third-order valence-corrected chi connectivity index (χ3v) is 4.99. The zero-order chi connectivity index (χ0) is 17.3. The normalized spacial score (nSPS) is 10.7. The maximum Gasteiger partial charge on any atom is 0.175 e. The van der Waals surface area contributed by atoms with Crippen molar-refractivity contribution in [2.24, 2.45) is 0 Å². The number of rotatable bonds is 8. The Labute approximate surface area is 143 Å². The van der Waals surface area contributed by atoms with E-state index < -0.39 is 21.4 Å². The summed E-state index contributed by atoms with van der Waals surface area (Å²) in [5, 5.41) is 6.51. The second-order valence-corrected chi connectivity index (χ2v) is 7.59. The highest BCUT2D eigenvalue weighted by molar-refractivity contribution is 7.92. The van der Waals surface area contributed by atoms with E-state index in [9.17, 15) is 13.2 Å². The molecule has 0 amide bonds. The lowest BCUT2D eigenvalue weighted by atomic mass is 10.4. The molecule has 0 radical (unpaired) electrons. The van der Waals surface area contributed by atoms with Crippen molar-refractivity contribution in [2.75, 3.05) is 45.4 Å². The molecule has 0 aliphatic rings. The van der Waals surface area contributed by atoms with E-state index in [1.807, 2.05) is 13.8 Å². The summed E-state index contributed by atoms with van der Waals surface area (Å²) in [4.78, 5) is 14.8. The van der Waals surface area contributed by atoms with Crippen molar-refractivity contribution in [3.8, 4) is 0 Å². The van der Waals surface area contributed by atoms with Crippen molar-refractivity contribution in [3.05, 3.63) is 0 Å². The molecule has 0 aliphatic heterocycles. The Kier molecular flexibility index (Phi) is 9.45. The van der Waals surface area contributed by atoms with E-state index in [-0.39, 0.29) is 12.4 Å². The number of carbonyl (C=O) groups excluding carboxylic acids is 1. The average molecular weight is 369 g/mol. The Bertz CT molecular complexity index is 508. The molecule has 0 fully saturated rings. The third kappa shape index (κ3) is 8.44. The number of hydrogen-bond acceptors (Lipinski definition) is 5. The van der Waals surface area contributed by atoms with Crippen molar-refractivity contribution >= 4 is 50.3 Å². The van der Waals surface area contributed by atoms with Gasteiger partial charge in [-0.25, -0.2) is 8.42 Å². The number of Topliss-reactive ketones (excluding diaryl/α,β-unsaturated/α-hetero) is 1. The maximum absolute atomic E-state index is 12.0. The van der Waals surface area contributed by atoms with Gasteiger partial charge in [0, 0.05) is 27.2 Å². The highest BCUT2D eigenvalue weighted by atomic mass is 32.2. The molecule has 0 spiro atoms. The summed E-state index contributed by atoms with van der Waals surface area (Å²) in [6, 6.07) is 0. The van der Waals surface area contributed by atoms with Crippen molar-refractivity contribution in [1.82, 2.24) is 20.4 Å². The molecule has 10 heteroatoms. The van der Waals surface area contributed by atoms with E-state index in [2.05, 4.69) is 10.6 Å². The quantitative estimate of drug-likeness (QED) is 0.555. The van der Waals surface area contributed by atoms with E-state index in [4.69, 9.17) is 24.4 Å². The molecule has 0 aliphatic carbocycles. The molecule has 0 atom stereocenters. The maximum atomic E-state index is 12.0. The zero-order valence-electron chi connectivity index (χ0n) is 13.4. The Morgan fingerprint density at radius 1 is 1.00 bits per heavy atom. The molecule has 0 heterocycles. The van der Waals surface area contributed by atoms with Gasteiger partial charge in [0.05, 0.1) is 6.54 Å². The van der Waals surface area contributed by atoms with Gasteiger partial charge in [0.25, 0.3) is 0 Å². The number of hydrogen-bond donors (Lipinski definition) is 2. The largest absolute Gasteiger partial charge is 0.363 e. The first-order valence-electron chi connectivity index (χ1n) is 6.83. The SMILES string of the molecule is CCNC(=S)N(C)CC(=O)CS(=O)(=O)CN(C)C(=S)NCC. The van der Waals surface area contributed by atoms with Crippen LogP contribution in [0.15, 0.2) is 0 Å². The standard InChI is InChI=1S/C12H24N4O3S3/c1-5-13-11(20)15(3)7-10(17)8-22(18,19)9-16(4)12(21)14-6-2/h5-9H2,1-4H3,(H,13,20)(H,14,21). The van der Waals surface area contributed by atoms with Crippen LogP contribution in [0.25, 0.3) is 0 Å². The van der Waals surface area contributed by atoms with Gasteiger partial charge in [-0.3, -0.25) is 4.79 Å². The van der Waals surface area contributed by atoms with E-state index in [0.29, 0.717) is 23.3 Å². The topological polar surface area (TPSA) is 81.8 Å². The van der Waals surface area contributed by atoms with E-state index >= 15 is 0 Å². The van der Waals surface area contributed by atoms with E-state index in [1.54, 1.807) is 14.1 Å². The summed E-state index contributed by atoms with van der Waals surface area (Å²) < 4.78 is 24.0. The summed E-state index contributed by atoms with van der Waals surface area (Å²) in [5.74, 6) is -1.25. The third-order valence-electron chi connectivity index (χ3n) is 2.53. The number of nitrogens with one attached hydrogen (secondary N) is 2. The molecule has 128 valence electrons. The van der Waals surface area contributed by atoms with Crippen molar-refractivity contribution in [3.63, 3.8) is 0 Å². The highest BCUT2D eigenvalue weighted by Crippen LogP contribution is 1.98. The minimum atomic E-state index is -3.57. The lowest BCUT2D eigenvalue weighted by Crippen LogP contribution is -2.43. The van der Waals surface area contributed by atoms with Gasteiger partial charge in [-0.1, -0.05) is 0 Å². The molecule has 0 unspecified atom stereocenters. The molecule has 0 bridgehead atoms. The van der Waals surface area contributed by atoms with Crippen LogP contribution in [0.4, 0.5) is 0 Å². The van der Waals surface area contributed by atoms with Crippen LogP contribution in [0.3, 0.4) is 0 Å². The van der Waals surface area contributed by atoms with Gasteiger partial charge in [-0.15, -0.1) is 0 Å². The number of nitrogens with zero attached hydrogens (tertiary/aromatic N) is 2. The second kappa shape index (κ2) is 9.90. The lowest BCUT2D eigenvalue weighted by molar-refractivity contribution is -0.116. The van der Waals surface area contributed by atoms with E-state index in [1.165, 1.54) is 9.80 Å². The minimum Gasteiger partial charge on any atom is -0.363 e.